The lowest BCUT2D eigenvalue weighted by atomic mass is 10.1. The summed E-state index contributed by atoms with van der Waals surface area (Å²) in [4.78, 5) is 4.36. The molecule has 0 spiro atoms. The number of methoxy groups -OCH3 is 2. The zero-order valence-corrected chi connectivity index (χ0v) is 9.52. The molecule has 0 unspecified atom stereocenters. The van der Waals surface area contributed by atoms with Gasteiger partial charge in [-0.2, -0.15) is 5.10 Å². The van der Waals surface area contributed by atoms with Crippen LogP contribution in [0.2, 0.25) is 0 Å². The van der Waals surface area contributed by atoms with Crippen LogP contribution in [-0.2, 0) is 0 Å². The highest BCUT2D eigenvalue weighted by Gasteiger charge is 2.09. The van der Waals surface area contributed by atoms with Crippen LogP contribution >= 0.6 is 0 Å². The van der Waals surface area contributed by atoms with E-state index in [1.165, 1.54) is 0 Å². The van der Waals surface area contributed by atoms with Gasteiger partial charge in [0, 0.05) is 16.8 Å². The van der Waals surface area contributed by atoms with Gasteiger partial charge in [-0.15, -0.1) is 0 Å². The molecule has 0 fully saturated rings. The molecule has 1 aromatic carbocycles. The van der Waals surface area contributed by atoms with Crippen molar-refractivity contribution >= 4 is 21.8 Å². The Morgan fingerprint density at radius 1 is 1.00 bits per heavy atom. The van der Waals surface area contributed by atoms with Crippen LogP contribution in [-0.4, -0.2) is 29.4 Å². The zero-order valence-electron chi connectivity index (χ0n) is 9.52. The number of hydrogen-bond acceptors (Lipinski definition) is 4. The molecule has 17 heavy (non-hydrogen) atoms. The summed E-state index contributed by atoms with van der Waals surface area (Å²) in [5.41, 5.74) is 1.77. The van der Waals surface area contributed by atoms with Crippen molar-refractivity contribution in [2.24, 2.45) is 0 Å². The molecule has 5 heteroatoms. The van der Waals surface area contributed by atoms with Crippen molar-refractivity contribution in [1.29, 1.82) is 0 Å². The van der Waals surface area contributed by atoms with Gasteiger partial charge in [-0.1, -0.05) is 0 Å². The summed E-state index contributed by atoms with van der Waals surface area (Å²) in [5, 5.41) is 8.92. The summed E-state index contributed by atoms with van der Waals surface area (Å²) < 4.78 is 10.5. The van der Waals surface area contributed by atoms with E-state index in [-0.39, 0.29) is 0 Å². The standard InChI is InChI=1S/C12H11N3O2/c1-16-11-3-7-8-5-14-15-10(8)6-13-9(7)4-12(11)17-2/h3-6H,1-2H3,(H,14,15). The van der Waals surface area contributed by atoms with Gasteiger partial charge in [-0.3, -0.25) is 10.1 Å². The summed E-state index contributed by atoms with van der Waals surface area (Å²) in [7, 11) is 3.23. The van der Waals surface area contributed by atoms with E-state index in [0.717, 1.165) is 21.8 Å². The Kier molecular flexibility index (Phi) is 2.11. The molecule has 0 bridgehead atoms. The second kappa shape index (κ2) is 3.62. The lowest BCUT2D eigenvalue weighted by Gasteiger charge is -2.08. The number of aromatic amines is 1. The van der Waals surface area contributed by atoms with E-state index in [1.807, 2.05) is 12.1 Å². The van der Waals surface area contributed by atoms with E-state index in [4.69, 9.17) is 9.47 Å². The number of pyridine rings is 1. The first-order chi connectivity index (χ1) is 8.33. The van der Waals surface area contributed by atoms with Crippen molar-refractivity contribution in [2.75, 3.05) is 14.2 Å². The maximum atomic E-state index is 5.29. The molecular weight excluding hydrogens is 218 g/mol. The average molecular weight is 229 g/mol. The third-order valence-corrected chi connectivity index (χ3v) is 2.79. The van der Waals surface area contributed by atoms with Gasteiger partial charge in [0.15, 0.2) is 11.5 Å². The highest BCUT2D eigenvalue weighted by atomic mass is 16.5. The van der Waals surface area contributed by atoms with Crippen LogP contribution in [0.3, 0.4) is 0 Å². The number of H-pyrrole nitrogens is 1. The van der Waals surface area contributed by atoms with E-state index in [0.29, 0.717) is 11.5 Å². The van der Waals surface area contributed by atoms with E-state index >= 15 is 0 Å². The van der Waals surface area contributed by atoms with Crippen LogP contribution in [0.1, 0.15) is 0 Å². The second-order valence-corrected chi connectivity index (χ2v) is 3.68. The largest absolute Gasteiger partial charge is 0.493 e. The molecule has 0 aliphatic carbocycles. The maximum Gasteiger partial charge on any atom is 0.162 e. The molecule has 0 radical (unpaired) electrons. The van der Waals surface area contributed by atoms with Gasteiger partial charge >= 0.3 is 0 Å². The number of rotatable bonds is 2. The van der Waals surface area contributed by atoms with Crippen molar-refractivity contribution in [1.82, 2.24) is 15.2 Å². The van der Waals surface area contributed by atoms with Gasteiger partial charge in [0.25, 0.3) is 0 Å². The Labute approximate surface area is 97.4 Å². The van der Waals surface area contributed by atoms with Crippen molar-refractivity contribution in [3.63, 3.8) is 0 Å². The monoisotopic (exact) mass is 229 g/mol. The molecule has 0 saturated heterocycles. The van der Waals surface area contributed by atoms with Gasteiger partial charge in [-0.05, 0) is 6.07 Å². The van der Waals surface area contributed by atoms with Crippen LogP contribution in [0.25, 0.3) is 21.8 Å². The Morgan fingerprint density at radius 3 is 2.53 bits per heavy atom. The average Bonchev–Trinajstić information content (AvgIpc) is 2.85. The predicted molar refractivity (Wildman–Crippen MR) is 64.5 cm³/mol. The minimum Gasteiger partial charge on any atom is -0.493 e. The van der Waals surface area contributed by atoms with E-state index in [1.54, 1.807) is 26.6 Å². The predicted octanol–water partition coefficient (Wildman–Crippen LogP) is 2.13. The summed E-state index contributed by atoms with van der Waals surface area (Å²) in [6, 6.07) is 3.78. The molecule has 0 saturated carbocycles. The highest BCUT2D eigenvalue weighted by molar-refractivity contribution is 6.04. The summed E-state index contributed by atoms with van der Waals surface area (Å²) in [5.74, 6) is 1.37. The topological polar surface area (TPSA) is 60.0 Å². The molecule has 0 aliphatic heterocycles. The van der Waals surface area contributed by atoms with Gasteiger partial charge < -0.3 is 9.47 Å². The van der Waals surface area contributed by atoms with Gasteiger partial charge in [-0.25, -0.2) is 0 Å². The first-order valence-electron chi connectivity index (χ1n) is 5.17. The molecule has 2 heterocycles. The Bertz CT molecular complexity index is 691. The number of nitrogens with one attached hydrogen (secondary N) is 1. The Hall–Kier alpha value is -2.30. The van der Waals surface area contributed by atoms with E-state index in [9.17, 15) is 0 Å². The molecule has 3 rings (SSSR count). The second-order valence-electron chi connectivity index (χ2n) is 3.68. The van der Waals surface area contributed by atoms with Crippen LogP contribution in [0.5, 0.6) is 11.5 Å². The number of ether oxygens (including phenoxy) is 2. The SMILES string of the molecule is COc1cc2ncc3[nH]ncc3c2cc1OC. The quantitative estimate of drug-likeness (QED) is 0.731. The van der Waals surface area contributed by atoms with E-state index < -0.39 is 0 Å². The molecule has 0 atom stereocenters. The fraction of sp³-hybridized carbons (Fsp3) is 0.167. The van der Waals surface area contributed by atoms with Crippen molar-refractivity contribution in [3.8, 4) is 11.5 Å². The van der Waals surface area contributed by atoms with Crippen LogP contribution in [0.15, 0.2) is 24.5 Å². The van der Waals surface area contributed by atoms with E-state index in [2.05, 4.69) is 15.2 Å². The van der Waals surface area contributed by atoms with Crippen LogP contribution in [0, 0.1) is 0 Å². The lowest BCUT2D eigenvalue weighted by molar-refractivity contribution is 0.356. The molecule has 86 valence electrons. The fourth-order valence-corrected chi connectivity index (χ4v) is 1.93. The van der Waals surface area contributed by atoms with Crippen molar-refractivity contribution < 1.29 is 9.47 Å². The van der Waals surface area contributed by atoms with Gasteiger partial charge in [0.1, 0.15) is 0 Å². The number of fused-ring (bicyclic) bond motifs is 3. The molecule has 2 aromatic heterocycles. The summed E-state index contributed by atoms with van der Waals surface area (Å²) >= 11 is 0. The Morgan fingerprint density at radius 2 is 1.76 bits per heavy atom. The molecule has 5 nitrogen and oxygen atoms in total. The zero-order chi connectivity index (χ0) is 11.8. The minimum atomic E-state index is 0.676. The number of benzene rings is 1. The maximum absolute atomic E-state index is 5.29. The Balaban J connectivity index is 2.42. The van der Waals surface area contributed by atoms with Gasteiger partial charge in [0.05, 0.1) is 37.6 Å². The van der Waals surface area contributed by atoms with Gasteiger partial charge in [0.2, 0.25) is 0 Å². The van der Waals surface area contributed by atoms with Crippen molar-refractivity contribution in [3.05, 3.63) is 24.5 Å². The van der Waals surface area contributed by atoms with Crippen LogP contribution in [0.4, 0.5) is 0 Å². The smallest absolute Gasteiger partial charge is 0.162 e. The number of hydrogen-bond donors (Lipinski definition) is 1. The highest BCUT2D eigenvalue weighted by Crippen LogP contribution is 2.33. The molecule has 0 aliphatic rings. The third-order valence-electron chi connectivity index (χ3n) is 2.79. The number of nitrogens with zero attached hydrogens (tertiary/aromatic N) is 2. The van der Waals surface area contributed by atoms with Crippen molar-refractivity contribution in [2.45, 2.75) is 0 Å². The third kappa shape index (κ3) is 1.39. The first kappa shape index (κ1) is 9.89. The summed E-state index contributed by atoms with van der Waals surface area (Å²) in [6.45, 7) is 0. The normalized spacial score (nSPS) is 10.9. The van der Waals surface area contributed by atoms with Crippen LogP contribution < -0.4 is 9.47 Å². The lowest BCUT2D eigenvalue weighted by Crippen LogP contribution is -1.91. The molecule has 0 amide bonds. The minimum absolute atomic E-state index is 0.676. The number of aromatic nitrogens is 3. The molecule has 1 N–H and O–H groups in total. The summed E-state index contributed by atoms with van der Waals surface area (Å²) in [6.07, 6.45) is 3.54. The first-order valence-corrected chi connectivity index (χ1v) is 5.17. The molecule has 3 aromatic rings. The fourth-order valence-electron chi connectivity index (χ4n) is 1.93. The molecular formula is C12H11N3O2.